The molecule has 0 N–H and O–H groups in total. The summed E-state index contributed by atoms with van der Waals surface area (Å²) in [6.07, 6.45) is 0.770. The molecule has 0 bridgehead atoms. The number of ether oxygens (including phenoxy) is 3. The Hall–Kier alpha value is -3.91. The monoisotopic (exact) mass is 501 g/mol. The van der Waals surface area contributed by atoms with Crippen LogP contribution in [0, 0.1) is 6.92 Å². The molecule has 5 rings (SSSR count). The highest BCUT2D eigenvalue weighted by Crippen LogP contribution is 2.49. The minimum Gasteiger partial charge on any atom is -0.493 e. The molecule has 2 aromatic carbocycles. The normalized spacial score (nSPS) is 12.3. The molecule has 7 nitrogen and oxygen atoms in total. The summed E-state index contributed by atoms with van der Waals surface area (Å²) in [4.78, 5) is 14.5. The van der Waals surface area contributed by atoms with Gasteiger partial charge in [-0.1, -0.05) is 23.8 Å². The molecule has 3 heterocycles. The first kappa shape index (κ1) is 23.8. The first-order chi connectivity index (χ1) is 17.5. The van der Waals surface area contributed by atoms with Crippen molar-refractivity contribution < 1.29 is 19.0 Å². The number of hydrogen-bond acceptors (Lipinski definition) is 7. The minimum absolute atomic E-state index is 0.255. The molecule has 8 heteroatoms. The number of fused-ring (bicyclic) bond motifs is 3. The number of benzene rings is 2. The number of carbonyl (C=O) groups is 1. The zero-order valence-electron chi connectivity index (χ0n) is 20.7. The molecule has 36 heavy (non-hydrogen) atoms. The number of carbonyl (C=O) groups excluding carboxylic acids is 1. The number of aromatic nitrogens is 1. The van der Waals surface area contributed by atoms with E-state index in [1.54, 1.807) is 32.5 Å². The van der Waals surface area contributed by atoms with Crippen LogP contribution in [0.3, 0.4) is 0 Å². The molecule has 0 unspecified atom stereocenters. The lowest BCUT2D eigenvalue weighted by atomic mass is 9.95. The third-order valence-corrected chi connectivity index (χ3v) is 7.12. The molecule has 0 radical (unpaired) electrons. The van der Waals surface area contributed by atoms with Crippen LogP contribution in [0.15, 0.2) is 64.1 Å². The molecule has 1 aliphatic rings. The number of aryl methyl sites for hydroxylation is 2. The van der Waals surface area contributed by atoms with E-state index in [2.05, 4.69) is 14.8 Å². The fraction of sp³-hybridized carbons (Fsp3) is 0.250. The van der Waals surface area contributed by atoms with Gasteiger partial charge in [0.1, 0.15) is 11.3 Å². The highest BCUT2D eigenvalue weighted by molar-refractivity contribution is 7.13. The Labute approximate surface area is 214 Å². The molecule has 184 valence electrons. The van der Waals surface area contributed by atoms with Gasteiger partial charge in [0.2, 0.25) is 0 Å². The lowest BCUT2D eigenvalue weighted by molar-refractivity contribution is 0.0528. The molecule has 4 aromatic rings. The van der Waals surface area contributed by atoms with Crippen LogP contribution in [-0.4, -0.2) is 31.4 Å². The van der Waals surface area contributed by atoms with Gasteiger partial charge in [0.25, 0.3) is 0 Å². The lowest BCUT2D eigenvalue weighted by Crippen LogP contribution is -2.14. The molecule has 0 saturated heterocycles. The predicted molar refractivity (Wildman–Crippen MR) is 141 cm³/mol. The Kier molecular flexibility index (Phi) is 6.61. The molecule has 0 spiro atoms. The number of azo groups is 1. The van der Waals surface area contributed by atoms with Crippen LogP contribution in [0.2, 0.25) is 0 Å². The van der Waals surface area contributed by atoms with Crippen molar-refractivity contribution >= 4 is 28.7 Å². The number of hydrogen-bond donors (Lipinski definition) is 0. The maximum absolute atomic E-state index is 13.5. The second-order valence-corrected chi connectivity index (χ2v) is 9.37. The van der Waals surface area contributed by atoms with Gasteiger partial charge in [0, 0.05) is 12.1 Å². The first-order valence-corrected chi connectivity index (χ1v) is 12.6. The molecule has 0 saturated carbocycles. The average Bonchev–Trinajstić information content (AvgIpc) is 3.53. The smallest absolute Gasteiger partial charge is 0.342 e. The number of esters is 1. The number of nitrogens with zero attached hydrogens (tertiary/aromatic N) is 3. The second-order valence-electron chi connectivity index (χ2n) is 8.42. The number of thiophene rings is 1. The van der Waals surface area contributed by atoms with Gasteiger partial charge in [-0.3, -0.25) is 0 Å². The third-order valence-electron chi connectivity index (χ3n) is 6.24. The van der Waals surface area contributed by atoms with Crippen LogP contribution in [0.4, 0.5) is 11.4 Å². The highest BCUT2D eigenvalue weighted by atomic mass is 32.1. The highest BCUT2D eigenvalue weighted by Gasteiger charge is 2.34. The topological polar surface area (TPSA) is 74.4 Å². The van der Waals surface area contributed by atoms with Gasteiger partial charge in [-0.05, 0) is 61.5 Å². The number of methoxy groups -OCH3 is 2. The summed E-state index contributed by atoms with van der Waals surface area (Å²) in [5.74, 6) is 0.831. The van der Waals surface area contributed by atoms with Crippen LogP contribution in [-0.2, 0) is 17.7 Å². The van der Waals surface area contributed by atoms with Gasteiger partial charge in [-0.25, -0.2) is 4.79 Å². The zero-order valence-corrected chi connectivity index (χ0v) is 21.5. The van der Waals surface area contributed by atoms with E-state index in [-0.39, 0.29) is 6.61 Å². The van der Waals surface area contributed by atoms with E-state index in [1.807, 2.05) is 60.8 Å². The largest absolute Gasteiger partial charge is 0.493 e. The Balaban J connectivity index is 1.80. The second kappa shape index (κ2) is 9.99. The average molecular weight is 502 g/mol. The summed E-state index contributed by atoms with van der Waals surface area (Å²) in [5.41, 5.74) is 6.36. The molecule has 0 atom stereocenters. The van der Waals surface area contributed by atoms with Gasteiger partial charge in [0.15, 0.2) is 11.5 Å². The van der Waals surface area contributed by atoms with Crippen molar-refractivity contribution in [3.63, 3.8) is 0 Å². The van der Waals surface area contributed by atoms with Gasteiger partial charge in [-0.2, -0.15) is 5.11 Å². The molecule has 0 fully saturated rings. The zero-order chi connectivity index (χ0) is 25.2. The lowest BCUT2D eigenvalue weighted by Gasteiger charge is -2.23. The fourth-order valence-electron chi connectivity index (χ4n) is 4.57. The maximum atomic E-state index is 13.5. The Morgan fingerprint density at radius 1 is 1.03 bits per heavy atom. The molecule has 1 aliphatic heterocycles. The van der Waals surface area contributed by atoms with E-state index in [0.717, 1.165) is 39.4 Å². The summed E-state index contributed by atoms with van der Waals surface area (Å²) in [6.45, 7) is 4.76. The van der Waals surface area contributed by atoms with Gasteiger partial charge >= 0.3 is 5.97 Å². The van der Waals surface area contributed by atoms with E-state index in [1.165, 1.54) is 0 Å². The predicted octanol–water partition coefficient (Wildman–Crippen LogP) is 7.36. The number of rotatable bonds is 7. The molecular weight excluding hydrogens is 474 g/mol. The van der Waals surface area contributed by atoms with Crippen molar-refractivity contribution in [2.45, 2.75) is 26.8 Å². The van der Waals surface area contributed by atoms with Crippen LogP contribution < -0.4 is 9.47 Å². The summed E-state index contributed by atoms with van der Waals surface area (Å²) in [5, 5.41) is 11.2. The van der Waals surface area contributed by atoms with Crippen LogP contribution in [0.5, 0.6) is 11.5 Å². The summed E-state index contributed by atoms with van der Waals surface area (Å²) < 4.78 is 18.8. The van der Waals surface area contributed by atoms with Crippen molar-refractivity contribution in [1.29, 1.82) is 0 Å². The van der Waals surface area contributed by atoms with Crippen molar-refractivity contribution in [1.82, 2.24) is 4.57 Å². The van der Waals surface area contributed by atoms with E-state index < -0.39 is 5.97 Å². The molecule has 2 aromatic heterocycles. The summed E-state index contributed by atoms with van der Waals surface area (Å²) in [6, 6.07) is 15.8. The molecule has 0 amide bonds. The van der Waals surface area contributed by atoms with Crippen molar-refractivity contribution in [3.05, 3.63) is 70.6 Å². The third kappa shape index (κ3) is 4.18. The van der Waals surface area contributed by atoms with E-state index in [9.17, 15) is 4.79 Å². The standard InChI is InChI=1S/C28H27N3O4S/c1-5-35-28(32)24-25(30-29-19-10-8-17(2)9-11-19)27(23-7-6-14-36-23)31-13-12-18-15-21(33-3)22(34-4)16-20(18)26(24)31/h6-11,14-16H,5,12-13H2,1-4H3. The Morgan fingerprint density at radius 2 is 1.78 bits per heavy atom. The quantitative estimate of drug-likeness (QED) is 0.196. The Morgan fingerprint density at radius 3 is 2.44 bits per heavy atom. The van der Waals surface area contributed by atoms with E-state index in [0.29, 0.717) is 35.0 Å². The van der Waals surface area contributed by atoms with Gasteiger partial charge in [-0.15, -0.1) is 16.5 Å². The fourth-order valence-corrected chi connectivity index (χ4v) is 5.34. The summed E-state index contributed by atoms with van der Waals surface area (Å²) >= 11 is 1.60. The first-order valence-electron chi connectivity index (χ1n) is 11.8. The van der Waals surface area contributed by atoms with Crippen LogP contribution >= 0.6 is 11.3 Å². The van der Waals surface area contributed by atoms with E-state index >= 15 is 0 Å². The van der Waals surface area contributed by atoms with Crippen LogP contribution in [0.1, 0.15) is 28.4 Å². The van der Waals surface area contributed by atoms with Crippen LogP contribution in [0.25, 0.3) is 21.8 Å². The van der Waals surface area contributed by atoms with Gasteiger partial charge in [0.05, 0.1) is 42.8 Å². The summed E-state index contributed by atoms with van der Waals surface area (Å²) in [7, 11) is 3.23. The maximum Gasteiger partial charge on any atom is 0.342 e. The molecule has 0 aliphatic carbocycles. The van der Waals surface area contributed by atoms with Gasteiger partial charge < -0.3 is 18.8 Å². The van der Waals surface area contributed by atoms with Crippen molar-refractivity contribution in [2.75, 3.05) is 20.8 Å². The molecular formula is C28H27N3O4S. The van der Waals surface area contributed by atoms with Crippen molar-refractivity contribution in [3.8, 4) is 33.3 Å². The Bertz CT molecular complexity index is 1440. The SMILES string of the molecule is CCOC(=O)c1c(N=Nc2ccc(C)cc2)c(-c2cccs2)n2c1-c1cc(OC)c(OC)cc1CC2. The van der Waals surface area contributed by atoms with E-state index in [4.69, 9.17) is 14.2 Å². The minimum atomic E-state index is -0.426. The van der Waals surface area contributed by atoms with Crippen molar-refractivity contribution in [2.24, 2.45) is 10.2 Å².